The van der Waals surface area contributed by atoms with Gasteiger partial charge in [-0.05, 0) is 36.8 Å². The van der Waals surface area contributed by atoms with Gasteiger partial charge >= 0.3 is 0 Å². The molecule has 0 fully saturated rings. The Morgan fingerprint density at radius 2 is 2.22 bits per heavy atom. The number of aromatic nitrogens is 2. The minimum atomic E-state index is 0.521. The van der Waals surface area contributed by atoms with E-state index in [1.807, 2.05) is 12.1 Å². The smallest absolute Gasteiger partial charge is 0.199 e. The monoisotopic (exact) mass is 258 g/mol. The zero-order valence-electron chi connectivity index (χ0n) is 10.1. The van der Waals surface area contributed by atoms with Crippen LogP contribution in [0.3, 0.4) is 0 Å². The number of aromatic amines is 1. The molecule has 0 radical (unpaired) electrons. The van der Waals surface area contributed by atoms with Gasteiger partial charge in [0.15, 0.2) is 4.77 Å². The Kier molecular flexibility index (Phi) is 2.85. The summed E-state index contributed by atoms with van der Waals surface area (Å²) in [6.45, 7) is 3.72. The van der Waals surface area contributed by atoms with E-state index in [1.165, 1.54) is 11.1 Å². The molecule has 0 unspecified atom stereocenters. The second-order valence-electron chi connectivity index (χ2n) is 4.45. The Morgan fingerprint density at radius 1 is 1.33 bits per heavy atom. The highest BCUT2D eigenvalue weighted by Gasteiger charge is 2.16. The average molecular weight is 258 g/mol. The van der Waals surface area contributed by atoms with Crippen LogP contribution in [-0.2, 0) is 13.1 Å². The Hall–Kier alpha value is -1.72. The van der Waals surface area contributed by atoms with Crippen molar-refractivity contribution in [2.75, 3.05) is 5.32 Å². The highest BCUT2D eigenvalue weighted by atomic mass is 32.1. The van der Waals surface area contributed by atoms with E-state index in [0.717, 1.165) is 30.3 Å². The van der Waals surface area contributed by atoms with E-state index in [9.17, 15) is 0 Å². The van der Waals surface area contributed by atoms with Gasteiger partial charge in [0, 0.05) is 30.0 Å². The predicted molar refractivity (Wildman–Crippen MR) is 74.4 cm³/mol. The van der Waals surface area contributed by atoms with Crippen LogP contribution in [0.5, 0.6) is 0 Å². The van der Waals surface area contributed by atoms with Crippen molar-refractivity contribution >= 4 is 23.7 Å². The molecule has 1 aromatic heterocycles. The molecule has 3 rings (SSSR count). The third kappa shape index (κ3) is 2.14. The van der Waals surface area contributed by atoms with Crippen LogP contribution in [0.1, 0.15) is 16.8 Å². The molecular weight excluding hydrogens is 244 g/mol. The normalized spacial score (nSPS) is 13.4. The van der Waals surface area contributed by atoms with Crippen LogP contribution >= 0.6 is 12.2 Å². The maximum absolute atomic E-state index is 5.15. The molecule has 1 aliphatic rings. The number of fused-ring (bicyclic) bond motifs is 1. The number of hydrogen-bond donors (Lipinski definition) is 3. The first-order valence-electron chi connectivity index (χ1n) is 5.89. The molecule has 0 amide bonds. The van der Waals surface area contributed by atoms with E-state index >= 15 is 0 Å². The summed E-state index contributed by atoms with van der Waals surface area (Å²) >= 11 is 5.15. The lowest BCUT2D eigenvalue weighted by Gasteiger charge is -2.10. The first-order chi connectivity index (χ1) is 8.72. The molecule has 0 spiro atoms. The van der Waals surface area contributed by atoms with Gasteiger partial charge in [-0.15, -0.1) is 0 Å². The summed E-state index contributed by atoms with van der Waals surface area (Å²) in [4.78, 5) is 7.50. The van der Waals surface area contributed by atoms with Crippen molar-refractivity contribution in [3.63, 3.8) is 0 Å². The van der Waals surface area contributed by atoms with Crippen LogP contribution in [-0.4, -0.2) is 9.97 Å². The number of benzene rings is 1. The lowest BCUT2D eigenvalue weighted by Crippen LogP contribution is -2.02. The summed E-state index contributed by atoms with van der Waals surface area (Å²) in [5.41, 5.74) is 4.56. The third-order valence-electron chi connectivity index (χ3n) is 3.01. The molecule has 92 valence electrons. The lowest BCUT2D eigenvalue weighted by atomic mass is 10.2. The maximum atomic E-state index is 5.15. The van der Waals surface area contributed by atoms with Gasteiger partial charge in [0.1, 0.15) is 5.82 Å². The summed E-state index contributed by atoms with van der Waals surface area (Å²) in [5, 5.41) is 6.64. The molecule has 18 heavy (non-hydrogen) atoms. The molecular formula is C13H14N4S. The van der Waals surface area contributed by atoms with Crippen LogP contribution in [0.4, 0.5) is 11.5 Å². The van der Waals surface area contributed by atoms with Crippen LogP contribution in [0.2, 0.25) is 0 Å². The SMILES string of the molecule is Cc1cccc(Nc2nc(=S)[nH]c3c2CNC3)c1. The van der Waals surface area contributed by atoms with E-state index in [4.69, 9.17) is 12.2 Å². The van der Waals surface area contributed by atoms with E-state index in [2.05, 4.69) is 39.7 Å². The lowest BCUT2D eigenvalue weighted by molar-refractivity contribution is 0.757. The summed E-state index contributed by atoms with van der Waals surface area (Å²) in [6, 6.07) is 8.22. The fourth-order valence-electron chi connectivity index (χ4n) is 2.16. The topological polar surface area (TPSA) is 52.7 Å². The Labute approximate surface area is 110 Å². The van der Waals surface area contributed by atoms with Crippen molar-refractivity contribution in [3.8, 4) is 0 Å². The van der Waals surface area contributed by atoms with E-state index in [-0.39, 0.29) is 0 Å². The summed E-state index contributed by atoms with van der Waals surface area (Å²) in [5.74, 6) is 0.851. The van der Waals surface area contributed by atoms with Gasteiger partial charge in [-0.25, -0.2) is 4.98 Å². The van der Waals surface area contributed by atoms with Crippen LogP contribution < -0.4 is 10.6 Å². The molecule has 1 aliphatic heterocycles. The second-order valence-corrected chi connectivity index (χ2v) is 4.83. The molecule has 0 atom stereocenters. The number of hydrogen-bond acceptors (Lipinski definition) is 4. The largest absolute Gasteiger partial charge is 0.340 e. The van der Waals surface area contributed by atoms with Crippen molar-refractivity contribution in [2.45, 2.75) is 20.0 Å². The van der Waals surface area contributed by atoms with Gasteiger partial charge in [-0.2, -0.15) is 0 Å². The molecule has 0 saturated carbocycles. The zero-order chi connectivity index (χ0) is 12.5. The average Bonchev–Trinajstić information content (AvgIpc) is 2.77. The summed E-state index contributed by atoms with van der Waals surface area (Å²) < 4.78 is 0.521. The van der Waals surface area contributed by atoms with Crippen LogP contribution in [0, 0.1) is 11.7 Å². The van der Waals surface area contributed by atoms with Crippen molar-refractivity contribution in [1.29, 1.82) is 0 Å². The second kappa shape index (κ2) is 4.51. The highest BCUT2D eigenvalue weighted by molar-refractivity contribution is 7.71. The first-order valence-corrected chi connectivity index (χ1v) is 6.30. The molecule has 5 heteroatoms. The quantitative estimate of drug-likeness (QED) is 0.725. The van der Waals surface area contributed by atoms with Gasteiger partial charge in [0.2, 0.25) is 0 Å². The van der Waals surface area contributed by atoms with Crippen molar-refractivity contribution in [2.24, 2.45) is 0 Å². The zero-order valence-corrected chi connectivity index (χ0v) is 10.9. The van der Waals surface area contributed by atoms with Gasteiger partial charge in [0.25, 0.3) is 0 Å². The van der Waals surface area contributed by atoms with E-state index in [1.54, 1.807) is 0 Å². The van der Waals surface area contributed by atoms with Crippen molar-refractivity contribution < 1.29 is 0 Å². The molecule has 0 saturated heterocycles. The fourth-order valence-corrected chi connectivity index (χ4v) is 2.38. The molecule has 0 aliphatic carbocycles. The summed E-state index contributed by atoms with van der Waals surface area (Å²) in [7, 11) is 0. The Morgan fingerprint density at radius 3 is 3.06 bits per heavy atom. The van der Waals surface area contributed by atoms with Gasteiger partial charge in [-0.1, -0.05) is 12.1 Å². The summed E-state index contributed by atoms with van der Waals surface area (Å²) in [6.07, 6.45) is 0. The van der Waals surface area contributed by atoms with Crippen molar-refractivity contribution in [3.05, 3.63) is 45.9 Å². The van der Waals surface area contributed by atoms with E-state index < -0.39 is 0 Å². The molecule has 3 N–H and O–H groups in total. The Bertz CT molecular complexity index is 648. The van der Waals surface area contributed by atoms with Crippen LogP contribution in [0.15, 0.2) is 24.3 Å². The number of nitrogens with zero attached hydrogens (tertiary/aromatic N) is 1. The van der Waals surface area contributed by atoms with E-state index in [0.29, 0.717) is 4.77 Å². The van der Waals surface area contributed by atoms with Gasteiger partial charge in [0.05, 0.1) is 0 Å². The fraction of sp³-hybridized carbons (Fsp3) is 0.231. The highest BCUT2D eigenvalue weighted by Crippen LogP contribution is 2.24. The number of anilines is 2. The van der Waals surface area contributed by atoms with Gasteiger partial charge < -0.3 is 15.6 Å². The number of aryl methyl sites for hydroxylation is 1. The standard InChI is InChI=1S/C13H14N4S/c1-8-3-2-4-9(5-8)15-12-10-6-14-7-11(10)16-13(18)17-12/h2-5,14H,6-7H2,1H3,(H2,15,16,17,18). The number of nitrogens with one attached hydrogen (secondary N) is 3. The molecule has 0 bridgehead atoms. The Balaban J connectivity index is 2.00. The number of H-pyrrole nitrogens is 1. The number of rotatable bonds is 2. The molecule has 2 aromatic rings. The van der Waals surface area contributed by atoms with Gasteiger partial charge in [-0.3, -0.25) is 0 Å². The minimum absolute atomic E-state index is 0.521. The molecule has 1 aromatic carbocycles. The first kappa shape index (κ1) is 11.4. The third-order valence-corrected chi connectivity index (χ3v) is 3.20. The molecule has 2 heterocycles. The minimum Gasteiger partial charge on any atom is -0.340 e. The molecule has 4 nitrogen and oxygen atoms in total. The van der Waals surface area contributed by atoms with Crippen LogP contribution in [0.25, 0.3) is 0 Å². The van der Waals surface area contributed by atoms with Crippen molar-refractivity contribution in [1.82, 2.24) is 15.3 Å². The maximum Gasteiger partial charge on any atom is 0.199 e. The predicted octanol–water partition coefficient (Wildman–Crippen LogP) is 2.79.